The third kappa shape index (κ3) is 3.14. The van der Waals surface area contributed by atoms with Crippen LogP contribution < -0.4 is 5.73 Å². The van der Waals surface area contributed by atoms with E-state index in [1.165, 1.54) is 0 Å². The van der Waals surface area contributed by atoms with Crippen molar-refractivity contribution in [3.8, 4) is 0 Å². The number of hydrogen-bond acceptors (Lipinski definition) is 3. The zero-order valence-corrected chi connectivity index (χ0v) is 12.8. The van der Waals surface area contributed by atoms with Gasteiger partial charge in [0.25, 0.3) is 0 Å². The zero-order valence-electron chi connectivity index (χ0n) is 12.1. The molecule has 1 heterocycles. The number of carbonyl (C=O) groups is 1. The number of amides is 1. The van der Waals surface area contributed by atoms with Crippen molar-refractivity contribution in [2.24, 2.45) is 5.73 Å². The first-order chi connectivity index (χ1) is 9.54. The molecule has 110 valence electrons. The summed E-state index contributed by atoms with van der Waals surface area (Å²) in [5, 5.41) is 0.704. The molecule has 2 N–H and O–H groups in total. The first-order valence-corrected chi connectivity index (χ1v) is 7.35. The molecule has 1 fully saturated rings. The van der Waals surface area contributed by atoms with Crippen LogP contribution in [0.15, 0.2) is 24.3 Å². The van der Waals surface area contributed by atoms with E-state index < -0.39 is 0 Å². The van der Waals surface area contributed by atoms with Crippen molar-refractivity contribution in [2.75, 3.05) is 27.2 Å². The molecule has 0 spiro atoms. The minimum atomic E-state index is -0.0717. The highest BCUT2D eigenvalue weighted by Crippen LogP contribution is 2.30. The average molecular weight is 296 g/mol. The molecule has 0 bridgehead atoms. The van der Waals surface area contributed by atoms with Gasteiger partial charge in [-0.25, -0.2) is 0 Å². The Balaban J connectivity index is 2.24. The van der Waals surface area contributed by atoms with Crippen LogP contribution in [0.4, 0.5) is 0 Å². The second-order valence-electron chi connectivity index (χ2n) is 5.44. The fourth-order valence-corrected chi connectivity index (χ4v) is 3.10. The molecule has 1 aliphatic heterocycles. The van der Waals surface area contributed by atoms with E-state index in [1.807, 2.05) is 24.3 Å². The number of likely N-dealkylation sites (tertiary alicyclic amines) is 1. The standard InChI is InChI=1S/C15H22ClN3O/c1-18(2)15(20)13-7-4-8-19(13)14(10-17)11-5-3-6-12(16)9-11/h3,5-6,9,13-14H,4,7-8,10,17H2,1-2H3. The Bertz CT molecular complexity index is 478. The molecular weight excluding hydrogens is 274 g/mol. The first-order valence-electron chi connectivity index (χ1n) is 6.97. The highest BCUT2D eigenvalue weighted by Gasteiger charge is 2.36. The Morgan fingerprint density at radius 3 is 2.90 bits per heavy atom. The predicted molar refractivity (Wildman–Crippen MR) is 81.7 cm³/mol. The fraction of sp³-hybridized carbons (Fsp3) is 0.533. The molecule has 2 atom stereocenters. The van der Waals surface area contributed by atoms with E-state index in [2.05, 4.69) is 4.90 Å². The van der Waals surface area contributed by atoms with Gasteiger partial charge in [0.15, 0.2) is 0 Å². The number of halogens is 1. The lowest BCUT2D eigenvalue weighted by Crippen LogP contribution is -2.46. The number of benzene rings is 1. The normalized spacial score (nSPS) is 20.9. The van der Waals surface area contributed by atoms with Crippen LogP contribution in [0.25, 0.3) is 0 Å². The summed E-state index contributed by atoms with van der Waals surface area (Å²) >= 11 is 6.07. The van der Waals surface area contributed by atoms with Gasteiger partial charge in [-0.15, -0.1) is 0 Å². The van der Waals surface area contributed by atoms with E-state index in [4.69, 9.17) is 17.3 Å². The van der Waals surface area contributed by atoms with Gasteiger partial charge >= 0.3 is 0 Å². The third-order valence-corrected chi connectivity index (χ3v) is 4.11. The van der Waals surface area contributed by atoms with E-state index in [-0.39, 0.29) is 18.0 Å². The smallest absolute Gasteiger partial charge is 0.239 e. The van der Waals surface area contributed by atoms with E-state index in [9.17, 15) is 4.79 Å². The van der Waals surface area contributed by atoms with Gasteiger partial charge in [-0.1, -0.05) is 23.7 Å². The second kappa shape index (κ2) is 6.57. The van der Waals surface area contributed by atoms with Gasteiger partial charge in [-0.3, -0.25) is 9.69 Å². The molecule has 1 aliphatic rings. The van der Waals surface area contributed by atoms with Crippen LogP contribution in [0.3, 0.4) is 0 Å². The molecule has 0 aliphatic carbocycles. The van der Waals surface area contributed by atoms with Crippen molar-refractivity contribution in [3.05, 3.63) is 34.9 Å². The Morgan fingerprint density at radius 2 is 2.30 bits per heavy atom. The molecule has 0 radical (unpaired) electrons. The molecule has 5 heteroatoms. The molecule has 1 amide bonds. The largest absolute Gasteiger partial charge is 0.347 e. The van der Waals surface area contributed by atoms with Crippen molar-refractivity contribution in [1.29, 1.82) is 0 Å². The van der Waals surface area contributed by atoms with Crippen molar-refractivity contribution in [1.82, 2.24) is 9.80 Å². The van der Waals surface area contributed by atoms with Crippen LogP contribution in [0.2, 0.25) is 5.02 Å². The molecule has 1 aromatic carbocycles. The van der Waals surface area contributed by atoms with Crippen LogP contribution in [-0.2, 0) is 4.79 Å². The van der Waals surface area contributed by atoms with Gasteiger partial charge < -0.3 is 10.6 Å². The molecule has 1 saturated heterocycles. The van der Waals surface area contributed by atoms with Gasteiger partial charge in [-0.2, -0.15) is 0 Å². The summed E-state index contributed by atoms with van der Waals surface area (Å²) in [6, 6.07) is 7.72. The highest BCUT2D eigenvalue weighted by atomic mass is 35.5. The monoisotopic (exact) mass is 295 g/mol. The van der Waals surface area contributed by atoms with Crippen LogP contribution in [-0.4, -0.2) is 48.9 Å². The lowest BCUT2D eigenvalue weighted by atomic mass is 10.0. The highest BCUT2D eigenvalue weighted by molar-refractivity contribution is 6.30. The Kier molecular flexibility index (Phi) is 5.02. The molecule has 1 aromatic rings. The van der Waals surface area contributed by atoms with E-state index in [0.717, 1.165) is 24.9 Å². The molecule has 2 rings (SSSR count). The predicted octanol–water partition coefficient (Wildman–Crippen LogP) is 1.89. The van der Waals surface area contributed by atoms with Crippen LogP contribution in [0, 0.1) is 0 Å². The lowest BCUT2D eigenvalue weighted by Gasteiger charge is -2.33. The summed E-state index contributed by atoms with van der Waals surface area (Å²) in [6.45, 7) is 1.39. The number of likely N-dealkylation sites (N-methyl/N-ethyl adjacent to an activating group) is 1. The molecular formula is C15H22ClN3O. The second-order valence-corrected chi connectivity index (χ2v) is 5.87. The van der Waals surface area contributed by atoms with Crippen molar-refractivity contribution >= 4 is 17.5 Å². The minimum absolute atomic E-state index is 0.0464. The maximum atomic E-state index is 12.3. The molecule has 2 unspecified atom stereocenters. The summed E-state index contributed by atoms with van der Waals surface area (Å²) in [5.41, 5.74) is 7.05. The number of nitrogens with zero attached hydrogens (tertiary/aromatic N) is 2. The Hall–Kier alpha value is -1.10. The lowest BCUT2D eigenvalue weighted by molar-refractivity contribution is -0.134. The quantitative estimate of drug-likeness (QED) is 0.923. The summed E-state index contributed by atoms with van der Waals surface area (Å²) in [7, 11) is 3.60. The van der Waals surface area contributed by atoms with Gasteiger partial charge in [0.2, 0.25) is 5.91 Å². The molecule has 0 saturated carbocycles. The first kappa shape index (κ1) is 15.3. The Morgan fingerprint density at radius 1 is 1.55 bits per heavy atom. The minimum Gasteiger partial charge on any atom is -0.347 e. The summed E-state index contributed by atoms with van der Waals surface area (Å²) in [4.78, 5) is 16.2. The fourth-order valence-electron chi connectivity index (χ4n) is 2.90. The van der Waals surface area contributed by atoms with Crippen LogP contribution in [0.5, 0.6) is 0 Å². The number of rotatable bonds is 4. The summed E-state index contributed by atoms with van der Waals surface area (Å²) in [5.74, 6) is 0.156. The maximum Gasteiger partial charge on any atom is 0.239 e. The zero-order chi connectivity index (χ0) is 14.7. The van der Waals surface area contributed by atoms with Gasteiger partial charge in [0.05, 0.1) is 6.04 Å². The molecule has 0 aromatic heterocycles. The molecule has 20 heavy (non-hydrogen) atoms. The summed E-state index contributed by atoms with van der Waals surface area (Å²) < 4.78 is 0. The topological polar surface area (TPSA) is 49.6 Å². The van der Waals surface area contributed by atoms with Crippen LogP contribution >= 0.6 is 11.6 Å². The molecule has 4 nitrogen and oxygen atoms in total. The third-order valence-electron chi connectivity index (χ3n) is 3.88. The van der Waals surface area contributed by atoms with Crippen molar-refractivity contribution in [2.45, 2.75) is 24.9 Å². The van der Waals surface area contributed by atoms with Crippen LogP contribution in [0.1, 0.15) is 24.4 Å². The van der Waals surface area contributed by atoms with Gasteiger partial charge in [0, 0.05) is 31.7 Å². The number of nitrogens with two attached hydrogens (primary N) is 1. The van der Waals surface area contributed by atoms with E-state index in [0.29, 0.717) is 11.6 Å². The van der Waals surface area contributed by atoms with Crippen molar-refractivity contribution in [3.63, 3.8) is 0 Å². The number of hydrogen-bond donors (Lipinski definition) is 1. The Labute approximate surface area is 125 Å². The number of carbonyl (C=O) groups excluding carboxylic acids is 1. The van der Waals surface area contributed by atoms with Crippen molar-refractivity contribution < 1.29 is 4.79 Å². The van der Waals surface area contributed by atoms with E-state index in [1.54, 1.807) is 19.0 Å². The SMILES string of the molecule is CN(C)C(=O)C1CCCN1C(CN)c1cccc(Cl)c1. The van der Waals surface area contributed by atoms with Gasteiger partial charge in [-0.05, 0) is 37.1 Å². The van der Waals surface area contributed by atoms with E-state index >= 15 is 0 Å². The van der Waals surface area contributed by atoms with Gasteiger partial charge in [0.1, 0.15) is 0 Å². The maximum absolute atomic E-state index is 12.3. The summed E-state index contributed by atoms with van der Waals surface area (Å²) in [6.07, 6.45) is 1.93. The average Bonchev–Trinajstić information content (AvgIpc) is 2.88.